The Morgan fingerprint density at radius 2 is 1.95 bits per heavy atom. The van der Waals surface area contributed by atoms with E-state index in [4.69, 9.17) is 0 Å². The van der Waals surface area contributed by atoms with Crippen molar-refractivity contribution in [2.24, 2.45) is 0 Å². The molecule has 1 heterocycles. The van der Waals surface area contributed by atoms with Gasteiger partial charge < -0.3 is 10.1 Å². The van der Waals surface area contributed by atoms with E-state index < -0.39 is 35.8 Å². The van der Waals surface area contributed by atoms with Gasteiger partial charge in [-0.15, -0.1) is 0 Å². The molecule has 0 aliphatic heterocycles. The number of rotatable bonds is 5. The lowest BCUT2D eigenvalue weighted by Crippen LogP contribution is -2.21. The fraction of sp³-hybridized carbons (Fsp3) is 0.0667. The summed E-state index contributed by atoms with van der Waals surface area (Å²) in [6.45, 7) is -0.638. The van der Waals surface area contributed by atoms with E-state index in [0.717, 1.165) is 17.7 Å². The van der Waals surface area contributed by atoms with E-state index >= 15 is 0 Å². The Morgan fingerprint density at radius 1 is 1.23 bits per heavy atom. The molecule has 0 spiro atoms. The lowest BCUT2D eigenvalue weighted by molar-refractivity contribution is -0.142. The van der Waals surface area contributed by atoms with Crippen molar-refractivity contribution in [1.29, 1.82) is 0 Å². The van der Waals surface area contributed by atoms with Gasteiger partial charge in [0.25, 0.3) is 5.91 Å². The van der Waals surface area contributed by atoms with E-state index in [2.05, 4.69) is 4.74 Å². The first-order valence-corrected chi connectivity index (χ1v) is 7.11. The van der Waals surface area contributed by atoms with Gasteiger partial charge in [-0.1, -0.05) is 6.07 Å². The van der Waals surface area contributed by atoms with Gasteiger partial charge in [0.1, 0.15) is 17.3 Å². The zero-order valence-corrected chi connectivity index (χ0v) is 12.0. The topological polar surface area (TPSA) is 55.4 Å². The molecule has 1 amide bonds. The summed E-state index contributed by atoms with van der Waals surface area (Å²) >= 11 is 1.47. The second kappa shape index (κ2) is 7.46. The maximum Gasteiger partial charge on any atom is 0.331 e. The summed E-state index contributed by atoms with van der Waals surface area (Å²) in [5.74, 6) is -3.37. The van der Waals surface area contributed by atoms with Crippen LogP contribution in [0.4, 0.5) is 14.5 Å². The quantitative estimate of drug-likeness (QED) is 0.679. The first-order chi connectivity index (χ1) is 10.6. The molecule has 0 fully saturated rings. The Hall–Kier alpha value is -2.54. The number of nitrogens with one attached hydrogen (secondary N) is 1. The van der Waals surface area contributed by atoms with Crippen LogP contribution in [0.2, 0.25) is 0 Å². The molecule has 2 rings (SSSR count). The summed E-state index contributed by atoms with van der Waals surface area (Å²) in [6, 6.07) is 5.00. The predicted molar refractivity (Wildman–Crippen MR) is 79.3 cm³/mol. The van der Waals surface area contributed by atoms with Gasteiger partial charge in [0.15, 0.2) is 6.61 Å². The highest BCUT2D eigenvalue weighted by atomic mass is 32.1. The van der Waals surface area contributed by atoms with Gasteiger partial charge in [0, 0.05) is 6.08 Å². The molecule has 114 valence electrons. The summed E-state index contributed by atoms with van der Waals surface area (Å²) in [4.78, 5) is 22.9. The third-order valence-electron chi connectivity index (χ3n) is 2.53. The molecular formula is C15H11F2NO3S. The van der Waals surface area contributed by atoms with Gasteiger partial charge in [-0.2, -0.15) is 11.3 Å². The standard InChI is InChI=1S/C15H11F2NO3S/c16-11-2-1-3-12(17)15(11)18-13(19)8-21-14(20)5-4-10-6-7-22-9-10/h1-7,9H,8H2,(H,18,19)/b5-4+. The van der Waals surface area contributed by atoms with E-state index in [9.17, 15) is 18.4 Å². The fourth-order valence-electron chi connectivity index (χ4n) is 1.51. The highest BCUT2D eigenvalue weighted by Gasteiger charge is 2.12. The van der Waals surface area contributed by atoms with Crippen LogP contribution in [0.15, 0.2) is 41.1 Å². The van der Waals surface area contributed by atoms with E-state index in [0.29, 0.717) is 0 Å². The number of thiophene rings is 1. The van der Waals surface area contributed by atoms with Crippen molar-refractivity contribution in [1.82, 2.24) is 0 Å². The average molecular weight is 323 g/mol. The van der Waals surface area contributed by atoms with Crippen molar-refractivity contribution in [2.75, 3.05) is 11.9 Å². The lowest BCUT2D eigenvalue weighted by Gasteiger charge is -2.07. The monoisotopic (exact) mass is 323 g/mol. The second-order valence-electron chi connectivity index (χ2n) is 4.14. The molecule has 0 saturated carbocycles. The number of para-hydroxylation sites is 1. The minimum absolute atomic E-state index is 0.572. The lowest BCUT2D eigenvalue weighted by atomic mass is 10.3. The SMILES string of the molecule is O=C(COC(=O)/C=C/c1ccsc1)Nc1c(F)cccc1F. The largest absolute Gasteiger partial charge is 0.452 e. The first-order valence-electron chi connectivity index (χ1n) is 6.17. The van der Waals surface area contributed by atoms with E-state index in [1.807, 2.05) is 22.1 Å². The van der Waals surface area contributed by atoms with Gasteiger partial charge >= 0.3 is 5.97 Å². The summed E-state index contributed by atoms with van der Waals surface area (Å²) in [7, 11) is 0. The van der Waals surface area contributed by atoms with E-state index in [1.165, 1.54) is 29.6 Å². The van der Waals surface area contributed by atoms with Gasteiger partial charge in [0.05, 0.1) is 0 Å². The van der Waals surface area contributed by atoms with Gasteiger partial charge in [-0.25, -0.2) is 13.6 Å². The molecule has 1 N–H and O–H groups in total. The van der Waals surface area contributed by atoms with Crippen LogP contribution in [0.25, 0.3) is 6.08 Å². The zero-order chi connectivity index (χ0) is 15.9. The highest BCUT2D eigenvalue weighted by Crippen LogP contribution is 2.17. The maximum absolute atomic E-state index is 13.3. The number of halogens is 2. The molecular weight excluding hydrogens is 312 g/mol. The Bertz CT molecular complexity index is 679. The van der Waals surface area contributed by atoms with E-state index in [-0.39, 0.29) is 0 Å². The molecule has 0 unspecified atom stereocenters. The van der Waals surface area contributed by atoms with Crippen molar-refractivity contribution in [3.63, 3.8) is 0 Å². The van der Waals surface area contributed by atoms with Crippen LogP contribution in [0.3, 0.4) is 0 Å². The molecule has 22 heavy (non-hydrogen) atoms. The number of carbonyl (C=O) groups excluding carboxylic acids is 2. The van der Waals surface area contributed by atoms with Crippen molar-refractivity contribution in [2.45, 2.75) is 0 Å². The summed E-state index contributed by atoms with van der Waals surface area (Å²) in [5, 5.41) is 5.69. The molecule has 0 atom stereocenters. The Morgan fingerprint density at radius 3 is 2.59 bits per heavy atom. The molecule has 1 aromatic heterocycles. The van der Waals surface area contributed by atoms with Gasteiger partial charge in [0.2, 0.25) is 0 Å². The van der Waals surface area contributed by atoms with Gasteiger partial charge in [-0.05, 0) is 40.6 Å². The third kappa shape index (κ3) is 4.49. The zero-order valence-electron chi connectivity index (χ0n) is 11.2. The minimum Gasteiger partial charge on any atom is -0.452 e. The molecule has 0 aliphatic rings. The van der Waals surface area contributed by atoms with Crippen LogP contribution in [-0.4, -0.2) is 18.5 Å². The predicted octanol–water partition coefficient (Wildman–Crippen LogP) is 3.22. The first kappa shape index (κ1) is 15.8. The van der Waals surface area contributed by atoms with Crippen LogP contribution in [0, 0.1) is 11.6 Å². The smallest absolute Gasteiger partial charge is 0.331 e. The molecule has 0 aliphatic carbocycles. The molecule has 2 aromatic rings. The number of benzene rings is 1. The number of amides is 1. The molecule has 7 heteroatoms. The Labute approximate surface area is 129 Å². The van der Waals surface area contributed by atoms with Crippen LogP contribution in [-0.2, 0) is 14.3 Å². The number of anilines is 1. The molecule has 1 aromatic carbocycles. The van der Waals surface area contributed by atoms with Gasteiger partial charge in [-0.3, -0.25) is 4.79 Å². The van der Waals surface area contributed by atoms with Crippen molar-refractivity contribution in [3.05, 3.63) is 58.3 Å². The number of carbonyl (C=O) groups is 2. The second-order valence-corrected chi connectivity index (χ2v) is 4.92. The molecule has 4 nitrogen and oxygen atoms in total. The van der Waals surface area contributed by atoms with Crippen LogP contribution >= 0.6 is 11.3 Å². The number of esters is 1. The number of hydrogen-bond donors (Lipinski definition) is 1. The summed E-state index contributed by atoms with van der Waals surface area (Å²) in [6.07, 6.45) is 2.70. The highest BCUT2D eigenvalue weighted by molar-refractivity contribution is 7.08. The van der Waals surface area contributed by atoms with Crippen LogP contribution in [0.1, 0.15) is 5.56 Å². The van der Waals surface area contributed by atoms with Crippen molar-refractivity contribution < 1.29 is 23.1 Å². The summed E-state index contributed by atoms with van der Waals surface area (Å²) in [5.41, 5.74) is 0.261. The maximum atomic E-state index is 13.3. The van der Waals surface area contributed by atoms with Crippen molar-refractivity contribution >= 4 is 35.0 Å². The number of hydrogen-bond acceptors (Lipinski definition) is 4. The normalized spacial score (nSPS) is 10.6. The summed E-state index contributed by atoms with van der Waals surface area (Å²) < 4.78 is 31.3. The molecule has 0 radical (unpaired) electrons. The van der Waals surface area contributed by atoms with Crippen molar-refractivity contribution in [3.8, 4) is 0 Å². The van der Waals surface area contributed by atoms with Crippen LogP contribution in [0.5, 0.6) is 0 Å². The Kier molecular flexibility index (Phi) is 5.37. The minimum atomic E-state index is -0.906. The molecule has 0 bridgehead atoms. The average Bonchev–Trinajstić information content (AvgIpc) is 3.00. The van der Waals surface area contributed by atoms with E-state index in [1.54, 1.807) is 0 Å². The third-order valence-corrected chi connectivity index (χ3v) is 3.23. The number of ether oxygens (including phenoxy) is 1. The fourth-order valence-corrected chi connectivity index (χ4v) is 2.14. The molecule has 0 saturated heterocycles. The Balaban J connectivity index is 1.84. The van der Waals surface area contributed by atoms with Crippen LogP contribution < -0.4 is 5.32 Å².